The monoisotopic (exact) mass is 393 g/mol. The summed E-state index contributed by atoms with van der Waals surface area (Å²) < 4.78 is 11.8. The van der Waals surface area contributed by atoms with Gasteiger partial charge in [0.2, 0.25) is 5.91 Å². The van der Waals surface area contributed by atoms with Gasteiger partial charge in [0.25, 0.3) is 5.56 Å². The molecule has 0 saturated carbocycles. The summed E-state index contributed by atoms with van der Waals surface area (Å²) in [4.78, 5) is 28.8. The molecule has 7 heteroatoms. The van der Waals surface area contributed by atoms with Gasteiger partial charge in [0.15, 0.2) is 0 Å². The molecule has 0 radical (unpaired) electrons. The van der Waals surface area contributed by atoms with E-state index in [1.54, 1.807) is 7.11 Å². The Balaban J connectivity index is 1.60. The molecule has 3 rings (SSSR count). The minimum atomic E-state index is -0.288. The second-order valence-electron chi connectivity index (χ2n) is 6.32. The van der Waals surface area contributed by atoms with E-state index in [0.29, 0.717) is 18.8 Å². The van der Waals surface area contributed by atoms with Gasteiger partial charge in [0.05, 0.1) is 25.7 Å². The molecule has 1 heterocycles. The highest BCUT2D eigenvalue weighted by molar-refractivity contribution is 5.75. The Morgan fingerprint density at radius 2 is 1.76 bits per heavy atom. The van der Waals surface area contributed by atoms with Crippen LogP contribution >= 0.6 is 0 Å². The van der Waals surface area contributed by atoms with Crippen molar-refractivity contribution in [2.45, 2.75) is 20.0 Å². The Hall–Kier alpha value is -3.61. The lowest BCUT2D eigenvalue weighted by molar-refractivity contribution is -0.121. The Morgan fingerprint density at radius 3 is 2.38 bits per heavy atom. The van der Waals surface area contributed by atoms with Crippen LogP contribution in [0.5, 0.6) is 11.5 Å². The maximum absolute atomic E-state index is 12.4. The number of aromatic nitrogens is 2. The first kappa shape index (κ1) is 20.1. The van der Waals surface area contributed by atoms with Gasteiger partial charge in [0, 0.05) is 18.2 Å². The highest BCUT2D eigenvalue weighted by Crippen LogP contribution is 2.19. The average molecular weight is 393 g/mol. The molecule has 0 saturated heterocycles. The van der Waals surface area contributed by atoms with Crippen molar-refractivity contribution >= 4 is 5.91 Å². The summed E-state index contributed by atoms with van der Waals surface area (Å²) in [6, 6.07) is 16.2. The fourth-order valence-corrected chi connectivity index (χ4v) is 2.75. The molecular formula is C22H23N3O4. The lowest BCUT2D eigenvalue weighted by Gasteiger charge is -2.09. The number of benzene rings is 2. The molecule has 0 spiro atoms. The van der Waals surface area contributed by atoms with Crippen LogP contribution in [-0.2, 0) is 17.9 Å². The van der Waals surface area contributed by atoms with Crippen molar-refractivity contribution < 1.29 is 14.3 Å². The number of ether oxygens (including phenoxy) is 2. The van der Waals surface area contributed by atoms with Crippen molar-refractivity contribution in [2.75, 3.05) is 13.7 Å². The van der Waals surface area contributed by atoms with E-state index >= 15 is 0 Å². The van der Waals surface area contributed by atoms with Crippen molar-refractivity contribution in [3.05, 3.63) is 76.8 Å². The second-order valence-corrected chi connectivity index (χ2v) is 6.32. The van der Waals surface area contributed by atoms with E-state index < -0.39 is 0 Å². The van der Waals surface area contributed by atoms with E-state index in [2.05, 4.69) is 10.3 Å². The van der Waals surface area contributed by atoms with Gasteiger partial charge >= 0.3 is 0 Å². The van der Waals surface area contributed by atoms with Gasteiger partial charge in [-0.15, -0.1) is 0 Å². The van der Waals surface area contributed by atoms with Gasteiger partial charge in [-0.3, -0.25) is 14.2 Å². The van der Waals surface area contributed by atoms with Crippen LogP contribution in [0.3, 0.4) is 0 Å². The van der Waals surface area contributed by atoms with E-state index in [1.807, 2.05) is 55.5 Å². The second kappa shape index (κ2) is 9.54. The van der Waals surface area contributed by atoms with Gasteiger partial charge < -0.3 is 14.8 Å². The third-order valence-corrected chi connectivity index (χ3v) is 4.30. The lowest BCUT2D eigenvalue weighted by Crippen LogP contribution is -2.31. The number of amides is 1. The molecule has 1 amide bonds. The number of hydrogen-bond donors (Lipinski definition) is 1. The van der Waals surface area contributed by atoms with E-state index in [1.165, 1.54) is 17.0 Å². The van der Waals surface area contributed by atoms with Crippen LogP contribution in [0.1, 0.15) is 12.5 Å². The van der Waals surface area contributed by atoms with Gasteiger partial charge in [-0.1, -0.05) is 12.1 Å². The van der Waals surface area contributed by atoms with E-state index in [0.717, 1.165) is 22.6 Å². The highest BCUT2D eigenvalue weighted by atomic mass is 16.5. The molecule has 29 heavy (non-hydrogen) atoms. The van der Waals surface area contributed by atoms with Crippen LogP contribution in [0.25, 0.3) is 11.3 Å². The lowest BCUT2D eigenvalue weighted by atomic mass is 10.1. The molecule has 0 aliphatic heterocycles. The SMILES string of the molecule is CCOc1ccc(-c2cc(=O)n(CC(=O)NCc3ccc(OC)cc3)cn2)cc1. The standard InChI is InChI=1S/C22H23N3O4/c1-3-29-19-10-6-17(7-11-19)20-12-22(27)25(15-24-20)14-21(26)23-13-16-4-8-18(28-2)9-5-16/h4-12,15H,3,13-14H2,1-2H3,(H,23,26). The minimum Gasteiger partial charge on any atom is -0.497 e. The zero-order valence-electron chi connectivity index (χ0n) is 16.4. The molecule has 0 unspecified atom stereocenters. The molecule has 1 N–H and O–H groups in total. The Kier molecular flexibility index (Phi) is 6.63. The zero-order valence-corrected chi connectivity index (χ0v) is 16.4. The van der Waals surface area contributed by atoms with Crippen molar-refractivity contribution in [2.24, 2.45) is 0 Å². The van der Waals surface area contributed by atoms with Crippen molar-refractivity contribution in [3.63, 3.8) is 0 Å². The Labute approximate surface area is 168 Å². The maximum atomic E-state index is 12.4. The number of rotatable bonds is 8. The van der Waals surface area contributed by atoms with Gasteiger partial charge in [-0.05, 0) is 48.9 Å². The van der Waals surface area contributed by atoms with Gasteiger partial charge in [-0.25, -0.2) is 4.98 Å². The molecule has 2 aromatic carbocycles. The number of nitrogens with zero attached hydrogens (tertiary/aromatic N) is 2. The van der Waals surface area contributed by atoms with Crippen LogP contribution < -0.4 is 20.3 Å². The summed E-state index contributed by atoms with van der Waals surface area (Å²) in [6.45, 7) is 2.79. The molecule has 3 aromatic rings. The predicted molar refractivity (Wildman–Crippen MR) is 110 cm³/mol. The minimum absolute atomic E-state index is 0.0917. The van der Waals surface area contributed by atoms with Crippen molar-refractivity contribution in [3.8, 4) is 22.8 Å². The van der Waals surface area contributed by atoms with Crippen LogP contribution in [0.2, 0.25) is 0 Å². The Bertz CT molecular complexity index is 1010. The summed E-state index contributed by atoms with van der Waals surface area (Å²) in [5.74, 6) is 1.25. The molecule has 0 atom stereocenters. The summed E-state index contributed by atoms with van der Waals surface area (Å²) in [5.41, 5.74) is 2.01. The van der Waals surface area contributed by atoms with E-state index in [-0.39, 0.29) is 18.0 Å². The first-order valence-electron chi connectivity index (χ1n) is 9.28. The molecule has 0 aliphatic rings. The molecule has 0 bridgehead atoms. The third-order valence-electron chi connectivity index (χ3n) is 4.30. The molecule has 0 aliphatic carbocycles. The summed E-state index contributed by atoms with van der Waals surface area (Å²) in [6.07, 6.45) is 1.39. The number of methoxy groups -OCH3 is 1. The molecule has 0 fully saturated rings. The number of carbonyl (C=O) groups excluding carboxylic acids is 1. The fourth-order valence-electron chi connectivity index (χ4n) is 2.75. The summed E-state index contributed by atoms with van der Waals surface area (Å²) in [5, 5.41) is 2.80. The molecule has 7 nitrogen and oxygen atoms in total. The number of hydrogen-bond acceptors (Lipinski definition) is 5. The van der Waals surface area contributed by atoms with E-state index in [4.69, 9.17) is 9.47 Å². The molecule has 1 aromatic heterocycles. The fraction of sp³-hybridized carbons (Fsp3) is 0.227. The van der Waals surface area contributed by atoms with Gasteiger partial charge in [-0.2, -0.15) is 0 Å². The topological polar surface area (TPSA) is 82.5 Å². The van der Waals surface area contributed by atoms with Crippen LogP contribution in [0.4, 0.5) is 0 Å². The maximum Gasteiger partial charge on any atom is 0.254 e. The predicted octanol–water partition coefficient (Wildman–Crippen LogP) is 2.63. The van der Waals surface area contributed by atoms with Crippen molar-refractivity contribution in [1.82, 2.24) is 14.9 Å². The largest absolute Gasteiger partial charge is 0.497 e. The normalized spacial score (nSPS) is 10.4. The summed E-state index contributed by atoms with van der Waals surface area (Å²) in [7, 11) is 1.60. The molecule has 150 valence electrons. The smallest absolute Gasteiger partial charge is 0.254 e. The average Bonchev–Trinajstić information content (AvgIpc) is 2.75. The number of carbonyl (C=O) groups is 1. The highest BCUT2D eigenvalue weighted by Gasteiger charge is 2.08. The first-order chi connectivity index (χ1) is 14.1. The first-order valence-corrected chi connectivity index (χ1v) is 9.28. The third kappa shape index (κ3) is 5.44. The quantitative estimate of drug-likeness (QED) is 0.636. The number of nitrogens with one attached hydrogen (secondary N) is 1. The zero-order chi connectivity index (χ0) is 20.6. The van der Waals surface area contributed by atoms with E-state index in [9.17, 15) is 9.59 Å². The summed E-state index contributed by atoms with van der Waals surface area (Å²) >= 11 is 0. The Morgan fingerprint density at radius 1 is 1.07 bits per heavy atom. The van der Waals surface area contributed by atoms with Crippen LogP contribution in [-0.4, -0.2) is 29.2 Å². The van der Waals surface area contributed by atoms with Crippen LogP contribution in [0.15, 0.2) is 65.7 Å². The van der Waals surface area contributed by atoms with Gasteiger partial charge in [0.1, 0.15) is 18.0 Å². The molecular weight excluding hydrogens is 370 g/mol. The van der Waals surface area contributed by atoms with Crippen LogP contribution in [0, 0.1) is 0 Å². The van der Waals surface area contributed by atoms with Crippen molar-refractivity contribution in [1.29, 1.82) is 0 Å².